The summed E-state index contributed by atoms with van der Waals surface area (Å²) in [5.41, 5.74) is 1.88. The summed E-state index contributed by atoms with van der Waals surface area (Å²) in [5, 5.41) is 2.55. The molecule has 26 heavy (non-hydrogen) atoms. The monoisotopic (exact) mass is 364 g/mol. The van der Waals surface area contributed by atoms with Crippen molar-refractivity contribution in [1.29, 1.82) is 0 Å². The molecular formula is C22H17ClO3. The first-order valence-corrected chi connectivity index (χ1v) is 8.90. The van der Waals surface area contributed by atoms with Crippen molar-refractivity contribution in [3.63, 3.8) is 0 Å². The third kappa shape index (κ3) is 2.89. The Balaban J connectivity index is 1.94. The van der Waals surface area contributed by atoms with Crippen molar-refractivity contribution in [3.8, 4) is 5.75 Å². The van der Waals surface area contributed by atoms with Gasteiger partial charge in [0.2, 0.25) is 0 Å². The van der Waals surface area contributed by atoms with Crippen LogP contribution in [0, 0.1) is 5.92 Å². The molecule has 0 aliphatic carbocycles. The molecule has 3 nitrogen and oxygen atoms in total. The Bertz CT molecular complexity index is 1010. The van der Waals surface area contributed by atoms with E-state index in [9.17, 15) is 9.59 Å². The van der Waals surface area contributed by atoms with Crippen LogP contribution in [0.4, 0.5) is 0 Å². The van der Waals surface area contributed by atoms with Crippen molar-refractivity contribution in [3.05, 3.63) is 76.8 Å². The van der Waals surface area contributed by atoms with Gasteiger partial charge in [-0.25, -0.2) is 0 Å². The van der Waals surface area contributed by atoms with Crippen LogP contribution in [0.2, 0.25) is 5.02 Å². The second-order valence-corrected chi connectivity index (χ2v) is 7.10. The SMILES string of the molecule is CC(=O)C[C@@H]1C(=O)Oc2c(ccc3ccccc23)[C@@H]1c1ccc(Cl)cc1. The molecule has 0 saturated carbocycles. The maximum absolute atomic E-state index is 12.8. The number of Topliss-reactive ketones (excluding diaryl/α,β-unsaturated/α-hetero) is 1. The Morgan fingerprint density at radius 3 is 2.50 bits per heavy atom. The Morgan fingerprint density at radius 2 is 1.77 bits per heavy atom. The van der Waals surface area contributed by atoms with E-state index in [1.165, 1.54) is 6.92 Å². The molecule has 0 amide bonds. The van der Waals surface area contributed by atoms with Crippen LogP contribution in [0.1, 0.15) is 30.4 Å². The predicted molar refractivity (Wildman–Crippen MR) is 102 cm³/mol. The number of fused-ring (bicyclic) bond motifs is 3. The molecule has 1 aliphatic rings. The van der Waals surface area contributed by atoms with Gasteiger partial charge in [-0.3, -0.25) is 4.79 Å². The van der Waals surface area contributed by atoms with E-state index in [4.69, 9.17) is 16.3 Å². The van der Waals surface area contributed by atoms with Gasteiger partial charge >= 0.3 is 5.97 Å². The first-order valence-electron chi connectivity index (χ1n) is 8.53. The molecule has 3 aromatic carbocycles. The van der Waals surface area contributed by atoms with Gasteiger partial charge < -0.3 is 9.53 Å². The number of ketones is 1. The lowest BCUT2D eigenvalue weighted by molar-refractivity contribution is -0.142. The maximum atomic E-state index is 12.8. The fraction of sp³-hybridized carbons (Fsp3) is 0.182. The molecule has 130 valence electrons. The second kappa shape index (κ2) is 6.58. The third-order valence-corrected chi connectivity index (χ3v) is 5.14. The minimum absolute atomic E-state index is 0.0323. The van der Waals surface area contributed by atoms with Gasteiger partial charge in [-0.1, -0.05) is 60.1 Å². The molecule has 4 heteroatoms. The van der Waals surface area contributed by atoms with E-state index in [2.05, 4.69) is 0 Å². The van der Waals surface area contributed by atoms with Crippen LogP contribution in [0.15, 0.2) is 60.7 Å². The second-order valence-electron chi connectivity index (χ2n) is 6.67. The van der Waals surface area contributed by atoms with E-state index in [1.54, 1.807) is 0 Å². The predicted octanol–water partition coefficient (Wildman–Crippen LogP) is 5.14. The molecular weight excluding hydrogens is 348 g/mol. The Hall–Kier alpha value is -2.65. The number of rotatable bonds is 3. The van der Waals surface area contributed by atoms with Gasteiger partial charge in [0.1, 0.15) is 11.5 Å². The number of ether oxygens (including phenoxy) is 1. The van der Waals surface area contributed by atoms with Crippen LogP contribution in [0.3, 0.4) is 0 Å². The third-order valence-electron chi connectivity index (χ3n) is 4.89. The molecule has 0 radical (unpaired) electrons. The number of carbonyl (C=O) groups excluding carboxylic acids is 2. The fourth-order valence-corrected chi connectivity index (χ4v) is 3.87. The summed E-state index contributed by atoms with van der Waals surface area (Å²) in [6.07, 6.45) is 0.151. The highest BCUT2D eigenvalue weighted by Gasteiger charge is 2.40. The molecule has 4 rings (SSSR count). The van der Waals surface area contributed by atoms with E-state index < -0.39 is 5.92 Å². The Labute approximate surface area is 156 Å². The van der Waals surface area contributed by atoms with Crippen molar-refractivity contribution in [2.24, 2.45) is 5.92 Å². The number of benzene rings is 3. The molecule has 0 unspecified atom stereocenters. The molecule has 1 aliphatic heterocycles. The first kappa shape index (κ1) is 16.8. The zero-order chi connectivity index (χ0) is 18.3. The number of carbonyl (C=O) groups is 2. The van der Waals surface area contributed by atoms with Gasteiger partial charge in [-0.2, -0.15) is 0 Å². The molecule has 3 aromatic rings. The van der Waals surface area contributed by atoms with E-state index in [0.29, 0.717) is 10.8 Å². The Kier molecular flexibility index (Phi) is 4.25. The van der Waals surface area contributed by atoms with Gasteiger partial charge in [0.25, 0.3) is 0 Å². The first-order chi connectivity index (χ1) is 12.5. The highest BCUT2D eigenvalue weighted by Crippen LogP contribution is 2.46. The van der Waals surface area contributed by atoms with Crippen molar-refractivity contribution < 1.29 is 14.3 Å². The fourth-order valence-electron chi connectivity index (χ4n) is 3.74. The van der Waals surface area contributed by atoms with Gasteiger partial charge in [0.05, 0.1) is 5.92 Å². The molecule has 0 N–H and O–H groups in total. The summed E-state index contributed by atoms with van der Waals surface area (Å²) in [5.74, 6) is -0.577. The summed E-state index contributed by atoms with van der Waals surface area (Å²) in [6.45, 7) is 1.50. The van der Waals surface area contributed by atoms with Crippen LogP contribution in [-0.4, -0.2) is 11.8 Å². The number of halogens is 1. The maximum Gasteiger partial charge on any atom is 0.315 e. The van der Waals surface area contributed by atoms with Gasteiger partial charge in [0, 0.05) is 28.3 Å². The number of hydrogen-bond donors (Lipinski definition) is 0. The van der Waals surface area contributed by atoms with Crippen molar-refractivity contribution in [1.82, 2.24) is 0 Å². The summed E-state index contributed by atoms with van der Waals surface area (Å²) in [7, 11) is 0. The highest BCUT2D eigenvalue weighted by atomic mass is 35.5. The smallest absolute Gasteiger partial charge is 0.315 e. The van der Waals surface area contributed by atoms with E-state index in [-0.39, 0.29) is 24.1 Å². The zero-order valence-electron chi connectivity index (χ0n) is 14.2. The summed E-state index contributed by atoms with van der Waals surface area (Å²) < 4.78 is 5.72. The van der Waals surface area contributed by atoms with Gasteiger partial charge in [-0.15, -0.1) is 0 Å². The van der Waals surface area contributed by atoms with Crippen molar-refractivity contribution in [2.45, 2.75) is 19.3 Å². The standard InChI is InChI=1S/C22H17ClO3/c1-13(24)12-19-20(15-6-9-16(23)10-7-15)18-11-8-14-4-2-3-5-17(14)21(18)26-22(19)25/h2-11,19-20H,12H2,1H3/t19-,20-/m0/s1. The zero-order valence-corrected chi connectivity index (χ0v) is 15.0. The quantitative estimate of drug-likeness (QED) is 0.477. The summed E-state index contributed by atoms with van der Waals surface area (Å²) >= 11 is 6.03. The van der Waals surface area contributed by atoms with E-state index in [1.807, 2.05) is 60.7 Å². The lowest BCUT2D eigenvalue weighted by atomic mass is 9.76. The van der Waals surface area contributed by atoms with Crippen LogP contribution < -0.4 is 4.74 Å². The number of hydrogen-bond acceptors (Lipinski definition) is 3. The van der Waals surface area contributed by atoms with Gasteiger partial charge in [0.15, 0.2) is 0 Å². The van der Waals surface area contributed by atoms with Crippen molar-refractivity contribution in [2.75, 3.05) is 0 Å². The molecule has 0 saturated heterocycles. The van der Waals surface area contributed by atoms with E-state index in [0.717, 1.165) is 21.9 Å². The molecule has 0 spiro atoms. The largest absolute Gasteiger partial charge is 0.425 e. The van der Waals surface area contributed by atoms with Crippen LogP contribution in [-0.2, 0) is 9.59 Å². The molecule has 0 aromatic heterocycles. The topological polar surface area (TPSA) is 43.4 Å². The lowest BCUT2D eigenvalue weighted by Gasteiger charge is -2.32. The Morgan fingerprint density at radius 1 is 1.04 bits per heavy atom. The summed E-state index contributed by atoms with van der Waals surface area (Å²) in [4.78, 5) is 24.6. The molecule has 1 heterocycles. The van der Waals surface area contributed by atoms with E-state index >= 15 is 0 Å². The van der Waals surface area contributed by atoms with Crippen molar-refractivity contribution >= 4 is 34.1 Å². The highest BCUT2D eigenvalue weighted by molar-refractivity contribution is 6.30. The minimum atomic E-state index is -0.540. The molecule has 0 fully saturated rings. The molecule has 2 atom stereocenters. The average Bonchev–Trinajstić information content (AvgIpc) is 2.63. The van der Waals surface area contributed by atoms with Crippen LogP contribution in [0.25, 0.3) is 10.8 Å². The number of esters is 1. The van der Waals surface area contributed by atoms with Crippen LogP contribution in [0.5, 0.6) is 5.75 Å². The van der Waals surface area contributed by atoms with Gasteiger partial charge in [-0.05, 0) is 30.0 Å². The molecule has 0 bridgehead atoms. The lowest BCUT2D eigenvalue weighted by Crippen LogP contribution is -2.33. The summed E-state index contributed by atoms with van der Waals surface area (Å²) in [6, 6.07) is 19.3. The van der Waals surface area contributed by atoms with Crippen LogP contribution >= 0.6 is 11.6 Å². The average molecular weight is 365 g/mol. The normalized spacial score (nSPS) is 19.1. The minimum Gasteiger partial charge on any atom is -0.425 e.